The molecule has 0 bridgehead atoms. The normalized spacial score (nSPS) is 10.7. The van der Waals surface area contributed by atoms with Gasteiger partial charge in [-0.3, -0.25) is 4.79 Å². The van der Waals surface area contributed by atoms with Crippen molar-refractivity contribution in [1.29, 1.82) is 0 Å². The van der Waals surface area contributed by atoms with Crippen molar-refractivity contribution in [2.24, 2.45) is 5.10 Å². The van der Waals surface area contributed by atoms with Crippen molar-refractivity contribution in [2.45, 2.75) is 20.3 Å². The Labute approximate surface area is 175 Å². The van der Waals surface area contributed by atoms with Gasteiger partial charge in [0.25, 0.3) is 5.91 Å². The lowest BCUT2D eigenvalue weighted by molar-refractivity contribution is 0.0954. The highest BCUT2D eigenvalue weighted by molar-refractivity contribution is 6.32. The molecule has 0 aliphatic carbocycles. The highest BCUT2D eigenvalue weighted by atomic mass is 35.5. The van der Waals surface area contributed by atoms with Gasteiger partial charge in [-0.2, -0.15) is 5.10 Å². The molecule has 1 N–H and O–H groups in total. The van der Waals surface area contributed by atoms with Gasteiger partial charge in [0.15, 0.2) is 23.0 Å². The van der Waals surface area contributed by atoms with Crippen molar-refractivity contribution in [1.82, 2.24) is 5.43 Å². The van der Waals surface area contributed by atoms with Crippen LogP contribution in [0.15, 0.2) is 35.4 Å². The minimum atomic E-state index is -0.386. The Morgan fingerprint density at radius 1 is 1.07 bits per heavy atom. The number of halogens is 1. The zero-order valence-electron chi connectivity index (χ0n) is 17.0. The van der Waals surface area contributed by atoms with E-state index in [-0.39, 0.29) is 5.91 Å². The van der Waals surface area contributed by atoms with Crippen LogP contribution >= 0.6 is 11.6 Å². The maximum absolute atomic E-state index is 12.3. The molecule has 0 atom stereocenters. The van der Waals surface area contributed by atoms with E-state index in [1.54, 1.807) is 30.3 Å². The van der Waals surface area contributed by atoms with Crippen LogP contribution in [0.4, 0.5) is 0 Å². The molecule has 2 rings (SSSR count). The molecule has 0 saturated carbocycles. The number of hydrogen-bond donors (Lipinski definition) is 1. The minimum absolute atomic E-state index is 0.386. The molecule has 0 heterocycles. The molecule has 0 fully saturated rings. The van der Waals surface area contributed by atoms with E-state index in [1.165, 1.54) is 20.4 Å². The number of carbonyl (C=O) groups excluding carboxylic acids is 1. The van der Waals surface area contributed by atoms with E-state index in [2.05, 4.69) is 10.5 Å². The molecule has 7 nitrogen and oxygen atoms in total. The first-order chi connectivity index (χ1) is 14.0. The Morgan fingerprint density at radius 2 is 1.83 bits per heavy atom. The highest BCUT2D eigenvalue weighted by Gasteiger charge is 2.12. The lowest BCUT2D eigenvalue weighted by Crippen LogP contribution is -2.17. The Kier molecular flexibility index (Phi) is 8.61. The highest BCUT2D eigenvalue weighted by Crippen LogP contribution is 2.36. The standard InChI is InChI=1S/C21H25ClN2O5/c1-5-9-29-20-16(22)10-14(11-19(20)27-4)13-23-24-21(25)15-7-8-17(28-6-2)18(12-15)26-3/h7-8,10-13H,5-6,9H2,1-4H3,(H,24,25)/b23-13+. The third-order valence-electron chi connectivity index (χ3n) is 3.81. The molecule has 0 spiro atoms. The van der Waals surface area contributed by atoms with Gasteiger partial charge in [0.05, 0.1) is 38.7 Å². The number of rotatable bonds is 10. The molecule has 8 heteroatoms. The summed E-state index contributed by atoms with van der Waals surface area (Å²) in [5.74, 6) is 1.64. The first kappa shape index (κ1) is 22.4. The first-order valence-electron chi connectivity index (χ1n) is 9.18. The van der Waals surface area contributed by atoms with Crippen LogP contribution in [0, 0.1) is 0 Å². The van der Waals surface area contributed by atoms with E-state index in [4.69, 9.17) is 30.5 Å². The number of carbonyl (C=O) groups is 1. The van der Waals surface area contributed by atoms with Gasteiger partial charge in [-0.1, -0.05) is 18.5 Å². The van der Waals surface area contributed by atoms with E-state index in [0.717, 1.165) is 6.42 Å². The van der Waals surface area contributed by atoms with Crippen LogP contribution in [0.2, 0.25) is 5.02 Å². The number of hydrogen-bond acceptors (Lipinski definition) is 6. The Balaban J connectivity index is 2.11. The topological polar surface area (TPSA) is 78.4 Å². The number of benzene rings is 2. The van der Waals surface area contributed by atoms with Crippen LogP contribution in [0.1, 0.15) is 36.2 Å². The van der Waals surface area contributed by atoms with Crippen LogP contribution in [0.25, 0.3) is 0 Å². The Morgan fingerprint density at radius 3 is 2.48 bits per heavy atom. The number of amides is 1. The van der Waals surface area contributed by atoms with Crippen molar-refractivity contribution in [2.75, 3.05) is 27.4 Å². The van der Waals surface area contributed by atoms with E-state index in [9.17, 15) is 4.79 Å². The van der Waals surface area contributed by atoms with Gasteiger partial charge < -0.3 is 18.9 Å². The molecular formula is C21H25ClN2O5. The van der Waals surface area contributed by atoms with Gasteiger partial charge in [0, 0.05) is 5.56 Å². The van der Waals surface area contributed by atoms with Crippen LogP contribution in [-0.2, 0) is 0 Å². The number of ether oxygens (including phenoxy) is 4. The van der Waals surface area contributed by atoms with Crippen molar-refractivity contribution in [3.8, 4) is 23.0 Å². The fraction of sp³-hybridized carbons (Fsp3) is 0.333. The fourth-order valence-electron chi connectivity index (χ4n) is 2.47. The summed E-state index contributed by atoms with van der Waals surface area (Å²) in [6.07, 6.45) is 2.33. The van der Waals surface area contributed by atoms with Gasteiger partial charge in [-0.05, 0) is 49.2 Å². The summed E-state index contributed by atoms with van der Waals surface area (Å²) in [6, 6.07) is 8.32. The Bertz CT molecular complexity index is 870. The summed E-state index contributed by atoms with van der Waals surface area (Å²) >= 11 is 6.28. The molecule has 0 saturated heterocycles. The third-order valence-corrected chi connectivity index (χ3v) is 4.09. The van der Waals surface area contributed by atoms with Crippen molar-refractivity contribution < 1.29 is 23.7 Å². The zero-order chi connectivity index (χ0) is 21.2. The molecule has 2 aromatic rings. The Hall–Kier alpha value is -2.93. The van der Waals surface area contributed by atoms with Crippen LogP contribution in [0.5, 0.6) is 23.0 Å². The molecule has 0 radical (unpaired) electrons. The smallest absolute Gasteiger partial charge is 0.271 e. The van der Waals surface area contributed by atoms with Gasteiger partial charge in [-0.25, -0.2) is 5.43 Å². The quantitative estimate of drug-likeness (QED) is 0.457. The molecule has 156 valence electrons. The molecule has 2 aromatic carbocycles. The fourth-order valence-corrected chi connectivity index (χ4v) is 2.75. The molecule has 0 unspecified atom stereocenters. The van der Waals surface area contributed by atoms with Crippen molar-refractivity contribution in [3.63, 3.8) is 0 Å². The predicted octanol–water partition coefficient (Wildman–Crippen LogP) is 4.31. The van der Waals surface area contributed by atoms with Crippen molar-refractivity contribution in [3.05, 3.63) is 46.5 Å². The number of nitrogens with zero attached hydrogens (tertiary/aromatic N) is 1. The minimum Gasteiger partial charge on any atom is -0.493 e. The number of nitrogens with one attached hydrogen (secondary N) is 1. The van der Waals surface area contributed by atoms with Crippen LogP contribution < -0.4 is 24.4 Å². The molecule has 1 amide bonds. The lowest BCUT2D eigenvalue weighted by atomic mass is 10.2. The second-order valence-corrected chi connectivity index (χ2v) is 6.29. The van der Waals surface area contributed by atoms with Gasteiger partial charge in [0.1, 0.15) is 0 Å². The van der Waals surface area contributed by atoms with Crippen LogP contribution in [0.3, 0.4) is 0 Å². The largest absolute Gasteiger partial charge is 0.493 e. The molecule has 0 aliphatic rings. The number of methoxy groups -OCH3 is 2. The van der Waals surface area contributed by atoms with Crippen molar-refractivity contribution >= 4 is 23.7 Å². The van der Waals surface area contributed by atoms with E-state index >= 15 is 0 Å². The number of hydrazone groups is 1. The third kappa shape index (κ3) is 6.02. The summed E-state index contributed by atoms with van der Waals surface area (Å²) in [5.41, 5.74) is 3.52. The van der Waals surface area contributed by atoms with Crippen LogP contribution in [-0.4, -0.2) is 39.6 Å². The first-order valence-corrected chi connectivity index (χ1v) is 9.56. The second kappa shape index (κ2) is 11.2. The second-order valence-electron chi connectivity index (χ2n) is 5.88. The van der Waals surface area contributed by atoms with E-state index < -0.39 is 0 Å². The summed E-state index contributed by atoms with van der Waals surface area (Å²) in [4.78, 5) is 12.3. The summed E-state index contributed by atoms with van der Waals surface area (Å²) in [5, 5.41) is 4.39. The lowest BCUT2D eigenvalue weighted by Gasteiger charge is -2.12. The molecular weight excluding hydrogens is 396 g/mol. The average molecular weight is 421 g/mol. The maximum atomic E-state index is 12.3. The van der Waals surface area contributed by atoms with E-state index in [1.807, 2.05) is 13.8 Å². The van der Waals surface area contributed by atoms with Gasteiger partial charge in [-0.15, -0.1) is 0 Å². The maximum Gasteiger partial charge on any atom is 0.271 e. The average Bonchev–Trinajstić information content (AvgIpc) is 2.73. The SMILES string of the molecule is CCCOc1c(Cl)cc(/C=N/NC(=O)c2ccc(OCC)c(OC)c2)cc1OC. The zero-order valence-corrected chi connectivity index (χ0v) is 17.7. The summed E-state index contributed by atoms with van der Waals surface area (Å²) in [6.45, 7) is 4.91. The van der Waals surface area contributed by atoms with Gasteiger partial charge in [0.2, 0.25) is 0 Å². The monoisotopic (exact) mass is 420 g/mol. The molecule has 0 aliphatic heterocycles. The van der Waals surface area contributed by atoms with E-state index in [0.29, 0.717) is 52.4 Å². The van der Waals surface area contributed by atoms with Gasteiger partial charge >= 0.3 is 0 Å². The molecule has 0 aromatic heterocycles. The summed E-state index contributed by atoms with van der Waals surface area (Å²) in [7, 11) is 3.05. The summed E-state index contributed by atoms with van der Waals surface area (Å²) < 4.78 is 21.7. The predicted molar refractivity (Wildman–Crippen MR) is 113 cm³/mol. The molecule has 29 heavy (non-hydrogen) atoms.